The van der Waals surface area contributed by atoms with Gasteiger partial charge >= 0.3 is 0 Å². The molecule has 1 atom stereocenters. The number of nitrogens with one attached hydrogen (secondary N) is 1. The lowest BCUT2D eigenvalue weighted by Gasteiger charge is -2.21. The predicted molar refractivity (Wildman–Crippen MR) is 58.2 cm³/mol. The van der Waals surface area contributed by atoms with E-state index in [1.54, 1.807) is 7.11 Å². The first-order valence-electron chi connectivity index (χ1n) is 5.18. The average Bonchev–Trinajstić information content (AvgIpc) is 2.30. The van der Waals surface area contributed by atoms with E-state index in [0.29, 0.717) is 6.54 Å². The van der Waals surface area contributed by atoms with Crippen molar-refractivity contribution in [2.24, 2.45) is 0 Å². The minimum atomic E-state index is 0.0668. The number of hydrogen-bond acceptors (Lipinski definition) is 3. The summed E-state index contributed by atoms with van der Waals surface area (Å²) >= 11 is 0. The van der Waals surface area contributed by atoms with Crippen LogP contribution in [0.2, 0.25) is 0 Å². The van der Waals surface area contributed by atoms with Gasteiger partial charge in [-0.1, -0.05) is 12.1 Å². The number of rotatable bonds is 2. The van der Waals surface area contributed by atoms with Crippen LogP contribution in [-0.2, 0) is 4.79 Å². The molecular weight excluding hydrogens is 190 g/mol. The average molecular weight is 205 g/mol. The third kappa shape index (κ3) is 2.18. The number of Topliss-reactive ketones (excluding diaryl/α,β-unsaturated/α-hetero) is 1. The molecule has 1 aliphatic rings. The van der Waals surface area contributed by atoms with Gasteiger partial charge in [-0.3, -0.25) is 4.79 Å². The van der Waals surface area contributed by atoms with Gasteiger partial charge in [-0.25, -0.2) is 0 Å². The Morgan fingerprint density at radius 3 is 2.67 bits per heavy atom. The molecule has 3 nitrogen and oxygen atoms in total. The molecule has 0 bridgehead atoms. The lowest BCUT2D eigenvalue weighted by atomic mass is 9.89. The lowest BCUT2D eigenvalue weighted by molar-refractivity contribution is -0.120. The predicted octanol–water partition coefficient (Wildman–Crippen LogP) is 1.34. The Labute approximate surface area is 89.4 Å². The van der Waals surface area contributed by atoms with Gasteiger partial charge in [0.05, 0.1) is 13.7 Å². The second-order valence-corrected chi connectivity index (χ2v) is 3.76. The molecule has 0 saturated carbocycles. The highest BCUT2D eigenvalue weighted by Gasteiger charge is 2.23. The number of ether oxygens (including phenoxy) is 1. The largest absolute Gasteiger partial charge is 0.497 e. The number of carbonyl (C=O) groups excluding carboxylic acids is 1. The minimum Gasteiger partial charge on any atom is -0.497 e. The number of hydrogen-bond donors (Lipinski definition) is 1. The zero-order valence-electron chi connectivity index (χ0n) is 8.82. The highest BCUT2D eigenvalue weighted by atomic mass is 16.5. The van der Waals surface area contributed by atoms with Gasteiger partial charge in [0, 0.05) is 5.92 Å². The van der Waals surface area contributed by atoms with Crippen molar-refractivity contribution in [3.05, 3.63) is 29.8 Å². The van der Waals surface area contributed by atoms with Crippen LogP contribution >= 0.6 is 0 Å². The number of ketones is 1. The summed E-state index contributed by atoms with van der Waals surface area (Å²) in [7, 11) is 1.64. The molecule has 0 aromatic heterocycles. The van der Waals surface area contributed by atoms with Crippen molar-refractivity contribution < 1.29 is 9.53 Å². The normalized spacial score (nSPS) is 21.4. The molecule has 15 heavy (non-hydrogen) atoms. The first-order chi connectivity index (χ1) is 7.31. The maximum atomic E-state index is 11.7. The molecule has 3 heteroatoms. The quantitative estimate of drug-likeness (QED) is 0.791. The van der Waals surface area contributed by atoms with Gasteiger partial charge in [-0.05, 0) is 30.7 Å². The minimum absolute atomic E-state index is 0.0668. The van der Waals surface area contributed by atoms with Gasteiger partial charge in [-0.2, -0.15) is 0 Å². The molecule has 1 unspecified atom stereocenters. The standard InChI is InChI=1S/C12H15NO2/c1-15-10-4-2-9(3-5-10)11-6-7-13-8-12(11)14/h2-5,11,13H,6-8H2,1H3. The Balaban J connectivity index is 2.17. The van der Waals surface area contributed by atoms with Crippen LogP contribution in [0, 0.1) is 0 Å². The van der Waals surface area contributed by atoms with Crippen LogP contribution < -0.4 is 10.1 Å². The summed E-state index contributed by atoms with van der Waals surface area (Å²) in [6, 6.07) is 7.77. The fourth-order valence-electron chi connectivity index (χ4n) is 1.93. The number of methoxy groups -OCH3 is 1. The summed E-state index contributed by atoms with van der Waals surface area (Å²) in [4.78, 5) is 11.7. The van der Waals surface area contributed by atoms with E-state index in [1.165, 1.54) is 0 Å². The molecular formula is C12H15NO2. The number of piperidine rings is 1. The summed E-state index contributed by atoms with van der Waals surface area (Å²) in [5, 5.41) is 3.08. The molecule has 1 saturated heterocycles. The van der Waals surface area contributed by atoms with E-state index in [0.717, 1.165) is 24.3 Å². The molecule has 0 spiro atoms. The maximum absolute atomic E-state index is 11.7. The molecule has 80 valence electrons. The van der Waals surface area contributed by atoms with Crippen LogP contribution in [0.25, 0.3) is 0 Å². The van der Waals surface area contributed by atoms with E-state index in [2.05, 4.69) is 5.32 Å². The summed E-state index contributed by atoms with van der Waals surface area (Å²) in [6.07, 6.45) is 0.894. The smallest absolute Gasteiger partial charge is 0.154 e. The van der Waals surface area contributed by atoms with Gasteiger partial charge in [0.15, 0.2) is 5.78 Å². The Hall–Kier alpha value is -1.35. The zero-order valence-corrected chi connectivity index (χ0v) is 8.82. The number of benzene rings is 1. The summed E-state index contributed by atoms with van der Waals surface area (Å²) in [5.41, 5.74) is 1.10. The molecule has 0 aliphatic carbocycles. The van der Waals surface area contributed by atoms with Crippen LogP contribution in [0.5, 0.6) is 5.75 Å². The van der Waals surface area contributed by atoms with Gasteiger partial charge in [-0.15, -0.1) is 0 Å². The van der Waals surface area contributed by atoms with E-state index in [4.69, 9.17) is 4.74 Å². The first kappa shape index (κ1) is 10.2. The van der Waals surface area contributed by atoms with Gasteiger partial charge < -0.3 is 10.1 Å². The zero-order chi connectivity index (χ0) is 10.7. The van der Waals surface area contributed by atoms with E-state index >= 15 is 0 Å². The fourth-order valence-corrected chi connectivity index (χ4v) is 1.93. The first-order valence-corrected chi connectivity index (χ1v) is 5.18. The monoisotopic (exact) mass is 205 g/mol. The molecule has 0 radical (unpaired) electrons. The Morgan fingerprint density at radius 1 is 1.33 bits per heavy atom. The second-order valence-electron chi connectivity index (χ2n) is 3.76. The SMILES string of the molecule is COc1ccc(C2CCNCC2=O)cc1. The highest BCUT2D eigenvalue weighted by Crippen LogP contribution is 2.24. The van der Waals surface area contributed by atoms with Crippen LogP contribution in [0.15, 0.2) is 24.3 Å². The number of carbonyl (C=O) groups is 1. The van der Waals surface area contributed by atoms with E-state index in [1.807, 2.05) is 24.3 Å². The van der Waals surface area contributed by atoms with Gasteiger partial charge in [0.25, 0.3) is 0 Å². The Morgan fingerprint density at radius 2 is 2.07 bits per heavy atom. The third-order valence-corrected chi connectivity index (χ3v) is 2.82. The van der Waals surface area contributed by atoms with Crippen LogP contribution in [0.4, 0.5) is 0 Å². The third-order valence-electron chi connectivity index (χ3n) is 2.82. The second kappa shape index (κ2) is 4.45. The summed E-state index contributed by atoms with van der Waals surface area (Å²) < 4.78 is 5.09. The van der Waals surface area contributed by atoms with E-state index in [-0.39, 0.29) is 11.7 Å². The molecule has 1 aromatic carbocycles. The van der Waals surface area contributed by atoms with Gasteiger partial charge in [0.1, 0.15) is 5.75 Å². The molecule has 2 rings (SSSR count). The van der Waals surface area contributed by atoms with Crippen molar-refractivity contribution in [3.63, 3.8) is 0 Å². The van der Waals surface area contributed by atoms with Crippen molar-refractivity contribution in [1.82, 2.24) is 5.32 Å². The topological polar surface area (TPSA) is 38.3 Å². The van der Waals surface area contributed by atoms with Crippen molar-refractivity contribution in [2.45, 2.75) is 12.3 Å². The molecule has 1 aliphatic heterocycles. The maximum Gasteiger partial charge on any atom is 0.154 e. The lowest BCUT2D eigenvalue weighted by Crippen LogP contribution is -2.35. The van der Waals surface area contributed by atoms with Crippen molar-refractivity contribution in [3.8, 4) is 5.75 Å². The van der Waals surface area contributed by atoms with Crippen molar-refractivity contribution in [1.29, 1.82) is 0 Å². The van der Waals surface area contributed by atoms with Crippen LogP contribution in [0.1, 0.15) is 17.9 Å². The molecule has 0 amide bonds. The molecule has 1 N–H and O–H groups in total. The molecule has 1 heterocycles. The van der Waals surface area contributed by atoms with E-state index < -0.39 is 0 Å². The van der Waals surface area contributed by atoms with Crippen LogP contribution in [0.3, 0.4) is 0 Å². The van der Waals surface area contributed by atoms with Crippen molar-refractivity contribution >= 4 is 5.78 Å². The molecule has 1 aromatic rings. The highest BCUT2D eigenvalue weighted by molar-refractivity contribution is 5.88. The Kier molecular flexibility index (Phi) is 3.02. The summed E-state index contributed by atoms with van der Waals surface area (Å²) in [5.74, 6) is 1.18. The van der Waals surface area contributed by atoms with Crippen molar-refractivity contribution in [2.75, 3.05) is 20.2 Å². The Bertz CT molecular complexity index is 345. The fraction of sp³-hybridized carbons (Fsp3) is 0.417. The van der Waals surface area contributed by atoms with E-state index in [9.17, 15) is 4.79 Å². The summed E-state index contributed by atoms with van der Waals surface area (Å²) in [6.45, 7) is 1.42. The van der Waals surface area contributed by atoms with Gasteiger partial charge in [0.2, 0.25) is 0 Å². The van der Waals surface area contributed by atoms with Crippen LogP contribution in [-0.4, -0.2) is 26.0 Å². The molecule has 1 fully saturated rings.